The van der Waals surface area contributed by atoms with Gasteiger partial charge in [-0.2, -0.15) is 0 Å². The van der Waals surface area contributed by atoms with E-state index in [0.29, 0.717) is 5.82 Å². The van der Waals surface area contributed by atoms with Crippen LogP contribution in [0.4, 0.5) is 0 Å². The van der Waals surface area contributed by atoms with Crippen LogP contribution in [-0.2, 0) is 16.1 Å². The number of hydrogen-bond donors (Lipinski definition) is 1. The molecular formula is C19H25BrN6O2. The number of nitrogens with one attached hydrogen (secondary N) is 1. The summed E-state index contributed by atoms with van der Waals surface area (Å²) < 4.78 is 2.42. The molecule has 0 fully saturated rings. The Labute approximate surface area is 172 Å². The number of halogens is 1. The summed E-state index contributed by atoms with van der Waals surface area (Å²) in [5.41, 5.74) is 0.309. The molecule has 150 valence electrons. The lowest BCUT2D eigenvalue weighted by molar-refractivity contribution is -0.148. The van der Waals surface area contributed by atoms with Crippen molar-refractivity contribution < 1.29 is 9.59 Å². The molecule has 8 nitrogen and oxygen atoms in total. The van der Waals surface area contributed by atoms with Crippen molar-refractivity contribution in [1.82, 2.24) is 30.4 Å². The largest absolute Gasteiger partial charge is 0.349 e. The first-order valence-corrected chi connectivity index (χ1v) is 10.0. The number of nitrogens with zero attached hydrogens (tertiary/aromatic N) is 5. The number of tetrazole rings is 1. The summed E-state index contributed by atoms with van der Waals surface area (Å²) in [7, 11) is 0. The third-order valence-corrected chi connectivity index (χ3v) is 5.07. The maximum absolute atomic E-state index is 13.3. The van der Waals surface area contributed by atoms with Gasteiger partial charge >= 0.3 is 0 Å². The Kier molecular flexibility index (Phi) is 5.56. The summed E-state index contributed by atoms with van der Waals surface area (Å²) in [5.74, 6) is 0.208. The molecule has 2 atom stereocenters. The number of carbonyl (C=O) groups is 2. The quantitative estimate of drug-likeness (QED) is 0.775. The number of carbonyl (C=O) groups excluding carboxylic acids is 2. The molecule has 1 aliphatic heterocycles. The Morgan fingerprint density at radius 1 is 1.25 bits per heavy atom. The number of amides is 2. The third-order valence-electron chi connectivity index (χ3n) is 4.54. The summed E-state index contributed by atoms with van der Waals surface area (Å²) in [6, 6.07) is 6.28. The van der Waals surface area contributed by atoms with Gasteiger partial charge in [0.2, 0.25) is 11.8 Å². The minimum Gasteiger partial charge on any atom is -0.349 e. The first-order chi connectivity index (χ1) is 13.1. The van der Waals surface area contributed by atoms with Gasteiger partial charge in [-0.15, -0.1) is 5.10 Å². The average Bonchev–Trinajstić information content (AvgIpc) is 3.02. The van der Waals surface area contributed by atoms with Crippen LogP contribution in [0.15, 0.2) is 28.7 Å². The van der Waals surface area contributed by atoms with Gasteiger partial charge in [-0.05, 0) is 54.8 Å². The SMILES string of the molecule is CC(C)C1c2nnnn2CC(=O)N1C(C(=O)NC(C)(C)C)c1ccc(Br)cc1. The molecule has 2 aromatic rings. The highest BCUT2D eigenvalue weighted by Gasteiger charge is 2.44. The minimum absolute atomic E-state index is 0.0153. The molecule has 0 saturated carbocycles. The third kappa shape index (κ3) is 4.09. The van der Waals surface area contributed by atoms with Crippen LogP contribution in [0.2, 0.25) is 0 Å². The highest BCUT2D eigenvalue weighted by atomic mass is 79.9. The lowest BCUT2D eigenvalue weighted by Gasteiger charge is -2.42. The van der Waals surface area contributed by atoms with E-state index in [2.05, 4.69) is 36.8 Å². The lowest BCUT2D eigenvalue weighted by Crippen LogP contribution is -2.53. The molecule has 2 unspecified atom stereocenters. The smallest absolute Gasteiger partial charge is 0.247 e. The molecule has 0 aliphatic carbocycles. The monoisotopic (exact) mass is 448 g/mol. The van der Waals surface area contributed by atoms with E-state index in [0.717, 1.165) is 10.0 Å². The average molecular weight is 449 g/mol. The van der Waals surface area contributed by atoms with Crippen molar-refractivity contribution >= 4 is 27.7 Å². The lowest BCUT2D eigenvalue weighted by atomic mass is 9.93. The first kappa shape index (κ1) is 20.4. The fourth-order valence-electron chi connectivity index (χ4n) is 3.47. The maximum atomic E-state index is 13.3. The number of rotatable bonds is 4. The molecule has 2 amide bonds. The standard InChI is InChI=1S/C19H25BrN6O2/c1-11(2)15-17-22-23-24-25(17)10-14(27)26(15)16(18(28)21-19(3,4)5)12-6-8-13(20)9-7-12/h6-9,11,15-16H,10H2,1-5H3,(H,21,28). The topological polar surface area (TPSA) is 93.0 Å². The van der Waals surface area contributed by atoms with E-state index in [1.54, 1.807) is 4.90 Å². The van der Waals surface area contributed by atoms with E-state index in [-0.39, 0.29) is 24.3 Å². The molecular weight excluding hydrogens is 424 g/mol. The molecule has 1 aromatic heterocycles. The predicted molar refractivity (Wildman–Crippen MR) is 107 cm³/mol. The maximum Gasteiger partial charge on any atom is 0.247 e. The van der Waals surface area contributed by atoms with Crippen molar-refractivity contribution in [2.45, 2.75) is 58.8 Å². The highest BCUT2D eigenvalue weighted by Crippen LogP contribution is 2.38. The van der Waals surface area contributed by atoms with Gasteiger partial charge in [0.05, 0.1) is 6.04 Å². The Morgan fingerprint density at radius 3 is 2.46 bits per heavy atom. The number of benzene rings is 1. The molecule has 1 aromatic carbocycles. The van der Waals surface area contributed by atoms with Gasteiger partial charge < -0.3 is 10.2 Å². The second kappa shape index (κ2) is 7.62. The van der Waals surface area contributed by atoms with Crippen molar-refractivity contribution in [1.29, 1.82) is 0 Å². The van der Waals surface area contributed by atoms with Gasteiger partial charge in [0.15, 0.2) is 5.82 Å². The molecule has 0 spiro atoms. The van der Waals surface area contributed by atoms with E-state index in [1.165, 1.54) is 4.68 Å². The van der Waals surface area contributed by atoms with Gasteiger partial charge in [0.1, 0.15) is 12.6 Å². The second-order valence-electron chi connectivity index (χ2n) is 8.38. The molecule has 3 rings (SSSR count). The van der Waals surface area contributed by atoms with Crippen LogP contribution < -0.4 is 5.32 Å². The summed E-state index contributed by atoms with van der Waals surface area (Å²) >= 11 is 3.43. The zero-order valence-electron chi connectivity index (χ0n) is 16.7. The fourth-order valence-corrected chi connectivity index (χ4v) is 3.73. The molecule has 0 saturated heterocycles. The normalized spacial score (nSPS) is 18.2. The van der Waals surface area contributed by atoms with Crippen LogP contribution in [0.5, 0.6) is 0 Å². The molecule has 28 heavy (non-hydrogen) atoms. The summed E-state index contributed by atoms with van der Waals surface area (Å²) in [5, 5.41) is 14.8. The highest BCUT2D eigenvalue weighted by molar-refractivity contribution is 9.10. The first-order valence-electron chi connectivity index (χ1n) is 9.23. The number of aromatic nitrogens is 4. The Hall–Kier alpha value is -2.29. The zero-order valence-corrected chi connectivity index (χ0v) is 18.3. The Morgan fingerprint density at radius 2 is 1.89 bits per heavy atom. The summed E-state index contributed by atoms with van der Waals surface area (Å²) in [6.45, 7) is 9.76. The van der Waals surface area contributed by atoms with E-state index >= 15 is 0 Å². The van der Waals surface area contributed by atoms with Gasteiger partial charge in [-0.25, -0.2) is 4.68 Å². The zero-order chi connectivity index (χ0) is 20.6. The molecule has 1 N–H and O–H groups in total. The van der Waals surface area contributed by atoms with Gasteiger partial charge in [0, 0.05) is 10.0 Å². The molecule has 2 heterocycles. The van der Waals surface area contributed by atoms with Crippen molar-refractivity contribution in [2.75, 3.05) is 0 Å². The van der Waals surface area contributed by atoms with E-state index in [4.69, 9.17) is 0 Å². The van der Waals surface area contributed by atoms with Crippen LogP contribution >= 0.6 is 15.9 Å². The summed E-state index contributed by atoms with van der Waals surface area (Å²) in [6.07, 6.45) is 0. The fraction of sp³-hybridized carbons (Fsp3) is 0.526. The van der Waals surface area contributed by atoms with Gasteiger partial charge in [-0.1, -0.05) is 41.9 Å². The predicted octanol–water partition coefficient (Wildman–Crippen LogP) is 2.63. The van der Waals surface area contributed by atoms with Crippen LogP contribution in [0.25, 0.3) is 0 Å². The van der Waals surface area contributed by atoms with Crippen LogP contribution in [-0.4, -0.2) is 42.5 Å². The van der Waals surface area contributed by atoms with Crippen molar-refractivity contribution in [2.24, 2.45) is 5.92 Å². The van der Waals surface area contributed by atoms with Crippen LogP contribution in [0.3, 0.4) is 0 Å². The van der Waals surface area contributed by atoms with Crippen LogP contribution in [0.1, 0.15) is 58.1 Å². The molecule has 9 heteroatoms. The van der Waals surface area contributed by atoms with Crippen molar-refractivity contribution in [3.63, 3.8) is 0 Å². The summed E-state index contributed by atoms with van der Waals surface area (Å²) in [4.78, 5) is 28.1. The van der Waals surface area contributed by atoms with Crippen LogP contribution in [0, 0.1) is 5.92 Å². The van der Waals surface area contributed by atoms with E-state index in [9.17, 15) is 9.59 Å². The Bertz CT molecular complexity index is 871. The number of fused-ring (bicyclic) bond motifs is 1. The van der Waals surface area contributed by atoms with Gasteiger partial charge in [0.25, 0.3) is 0 Å². The van der Waals surface area contributed by atoms with Gasteiger partial charge in [-0.3, -0.25) is 9.59 Å². The second-order valence-corrected chi connectivity index (χ2v) is 9.29. The molecule has 1 aliphatic rings. The minimum atomic E-state index is -0.780. The molecule has 0 bridgehead atoms. The van der Waals surface area contributed by atoms with Crippen molar-refractivity contribution in [3.05, 3.63) is 40.1 Å². The van der Waals surface area contributed by atoms with Crippen molar-refractivity contribution in [3.8, 4) is 0 Å². The van der Waals surface area contributed by atoms with E-state index in [1.807, 2.05) is 58.9 Å². The number of hydrogen-bond acceptors (Lipinski definition) is 5. The van der Waals surface area contributed by atoms with E-state index < -0.39 is 17.6 Å². The Balaban J connectivity index is 2.11. The molecule has 0 radical (unpaired) electrons.